The van der Waals surface area contributed by atoms with Gasteiger partial charge in [-0.15, -0.1) is 0 Å². The molecule has 1 aromatic rings. The average Bonchev–Trinajstić information content (AvgIpc) is 3.15. The molecule has 1 unspecified atom stereocenters. The molecule has 20 heavy (non-hydrogen) atoms. The Morgan fingerprint density at radius 2 is 2.00 bits per heavy atom. The molecule has 0 aliphatic heterocycles. The zero-order valence-electron chi connectivity index (χ0n) is 11.8. The van der Waals surface area contributed by atoms with Crippen molar-refractivity contribution in [1.82, 2.24) is 0 Å². The van der Waals surface area contributed by atoms with Crippen LogP contribution in [0, 0.1) is 11.8 Å². The number of allylic oxidation sites excluding steroid dienone is 2. The topological polar surface area (TPSA) is 37.3 Å². The smallest absolute Gasteiger partial charge is 0.127 e. The molecule has 0 amide bonds. The van der Waals surface area contributed by atoms with E-state index in [1.54, 1.807) is 0 Å². The van der Waals surface area contributed by atoms with Crippen LogP contribution in [0.15, 0.2) is 29.8 Å². The van der Waals surface area contributed by atoms with Crippen LogP contribution in [0.5, 0.6) is 0 Å². The minimum absolute atomic E-state index is 0.0551. The van der Waals surface area contributed by atoms with E-state index in [0.29, 0.717) is 5.92 Å². The number of benzene rings is 1. The van der Waals surface area contributed by atoms with Gasteiger partial charge in [-0.1, -0.05) is 36.6 Å². The SMILES string of the molecule is O=CC1CCC(C2CCCC2)=C1c1cccc(CO)c1. The summed E-state index contributed by atoms with van der Waals surface area (Å²) in [7, 11) is 0. The Morgan fingerprint density at radius 1 is 1.20 bits per heavy atom. The highest BCUT2D eigenvalue weighted by atomic mass is 16.3. The van der Waals surface area contributed by atoms with Gasteiger partial charge in [0.25, 0.3) is 0 Å². The highest BCUT2D eigenvalue weighted by Crippen LogP contribution is 2.45. The van der Waals surface area contributed by atoms with Gasteiger partial charge in [0.05, 0.1) is 6.61 Å². The number of hydrogen-bond donors (Lipinski definition) is 1. The first-order valence-corrected chi connectivity index (χ1v) is 7.72. The van der Waals surface area contributed by atoms with Crippen molar-refractivity contribution >= 4 is 11.9 Å². The molecule has 0 bridgehead atoms. The van der Waals surface area contributed by atoms with E-state index < -0.39 is 0 Å². The molecule has 2 aliphatic rings. The Hall–Kier alpha value is -1.41. The van der Waals surface area contributed by atoms with Crippen LogP contribution in [-0.4, -0.2) is 11.4 Å². The van der Waals surface area contributed by atoms with Crippen LogP contribution in [-0.2, 0) is 11.4 Å². The summed E-state index contributed by atoms with van der Waals surface area (Å²) in [6.45, 7) is 0.0611. The van der Waals surface area contributed by atoms with Crippen LogP contribution >= 0.6 is 0 Å². The lowest BCUT2D eigenvalue weighted by Crippen LogP contribution is -2.03. The molecule has 2 aliphatic carbocycles. The van der Waals surface area contributed by atoms with E-state index in [9.17, 15) is 9.90 Å². The van der Waals surface area contributed by atoms with Crippen molar-refractivity contribution in [2.24, 2.45) is 11.8 Å². The quantitative estimate of drug-likeness (QED) is 0.846. The molecule has 0 spiro atoms. The van der Waals surface area contributed by atoms with Crippen LogP contribution in [0.3, 0.4) is 0 Å². The number of carbonyl (C=O) groups excluding carboxylic acids is 1. The first kappa shape index (κ1) is 13.6. The van der Waals surface area contributed by atoms with Crippen molar-refractivity contribution in [3.63, 3.8) is 0 Å². The summed E-state index contributed by atoms with van der Waals surface area (Å²) in [5, 5.41) is 9.32. The molecule has 1 N–H and O–H groups in total. The second-order valence-electron chi connectivity index (χ2n) is 6.06. The third-order valence-corrected chi connectivity index (χ3v) is 4.87. The molecular formula is C18H22O2. The molecule has 1 saturated carbocycles. The molecule has 0 radical (unpaired) electrons. The Kier molecular flexibility index (Phi) is 4.02. The second kappa shape index (κ2) is 5.92. The molecule has 0 heterocycles. The molecule has 0 aromatic heterocycles. The number of aliphatic hydroxyl groups is 1. The van der Waals surface area contributed by atoms with Gasteiger partial charge in [-0.05, 0) is 54.4 Å². The van der Waals surface area contributed by atoms with Crippen LogP contribution in [0.2, 0.25) is 0 Å². The first-order valence-electron chi connectivity index (χ1n) is 7.72. The van der Waals surface area contributed by atoms with Crippen molar-refractivity contribution in [3.8, 4) is 0 Å². The third kappa shape index (κ3) is 2.45. The molecule has 1 atom stereocenters. The summed E-state index contributed by atoms with van der Waals surface area (Å²) in [5.41, 5.74) is 4.86. The van der Waals surface area contributed by atoms with E-state index in [-0.39, 0.29) is 12.5 Å². The molecular weight excluding hydrogens is 248 g/mol. The van der Waals surface area contributed by atoms with Gasteiger partial charge < -0.3 is 9.90 Å². The van der Waals surface area contributed by atoms with E-state index in [4.69, 9.17) is 0 Å². The monoisotopic (exact) mass is 270 g/mol. The molecule has 1 fully saturated rings. The Bertz CT molecular complexity index is 524. The largest absolute Gasteiger partial charge is 0.392 e. The summed E-state index contributed by atoms with van der Waals surface area (Å²) in [5.74, 6) is 0.743. The predicted molar refractivity (Wildman–Crippen MR) is 80.0 cm³/mol. The number of aldehydes is 1. The molecule has 2 heteroatoms. The van der Waals surface area contributed by atoms with E-state index >= 15 is 0 Å². The highest BCUT2D eigenvalue weighted by Gasteiger charge is 2.31. The van der Waals surface area contributed by atoms with Gasteiger partial charge in [0.15, 0.2) is 0 Å². The van der Waals surface area contributed by atoms with Gasteiger partial charge in [-0.2, -0.15) is 0 Å². The van der Waals surface area contributed by atoms with Crippen molar-refractivity contribution in [2.45, 2.75) is 45.1 Å². The number of carbonyl (C=O) groups is 1. The lowest BCUT2D eigenvalue weighted by Gasteiger charge is -2.16. The molecule has 106 valence electrons. The minimum Gasteiger partial charge on any atom is -0.392 e. The minimum atomic E-state index is 0.0551. The molecule has 1 aromatic carbocycles. The zero-order valence-corrected chi connectivity index (χ0v) is 11.8. The lowest BCUT2D eigenvalue weighted by molar-refractivity contribution is -0.109. The van der Waals surface area contributed by atoms with Crippen LogP contribution in [0.1, 0.15) is 49.7 Å². The average molecular weight is 270 g/mol. The fourth-order valence-electron chi connectivity index (χ4n) is 3.90. The van der Waals surface area contributed by atoms with Crippen LogP contribution in [0.4, 0.5) is 0 Å². The molecule has 0 saturated heterocycles. The molecule has 3 rings (SSSR count). The van der Waals surface area contributed by atoms with E-state index in [1.807, 2.05) is 18.2 Å². The fraction of sp³-hybridized carbons (Fsp3) is 0.500. The van der Waals surface area contributed by atoms with Gasteiger partial charge in [0.2, 0.25) is 0 Å². The van der Waals surface area contributed by atoms with Gasteiger partial charge >= 0.3 is 0 Å². The maximum Gasteiger partial charge on any atom is 0.127 e. The highest BCUT2D eigenvalue weighted by molar-refractivity contribution is 5.84. The summed E-state index contributed by atoms with van der Waals surface area (Å²) < 4.78 is 0. The Labute approximate surface area is 120 Å². The lowest BCUT2D eigenvalue weighted by atomic mass is 9.88. The van der Waals surface area contributed by atoms with E-state index in [0.717, 1.165) is 30.3 Å². The standard InChI is InChI=1S/C18H22O2/c19-11-13-4-3-7-15(10-13)18-16(12-20)8-9-17(18)14-5-1-2-6-14/h3-4,7,10,12,14,16,19H,1-2,5-6,8-9,11H2. The van der Waals surface area contributed by atoms with Crippen molar-refractivity contribution in [3.05, 3.63) is 41.0 Å². The Balaban J connectivity index is 2.03. The zero-order chi connectivity index (χ0) is 13.9. The number of rotatable bonds is 4. The maximum atomic E-state index is 11.4. The van der Waals surface area contributed by atoms with E-state index in [2.05, 4.69) is 6.07 Å². The summed E-state index contributed by atoms with van der Waals surface area (Å²) in [6, 6.07) is 8.06. The maximum absolute atomic E-state index is 11.4. The van der Waals surface area contributed by atoms with Crippen molar-refractivity contribution in [1.29, 1.82) is 0 Å². The third-order valence-electron chi connectivity index (χ3n) is 4.87. The normalized spacial score (nSPS) is 23.6. The first-order chi connectivity index (χ1) is 9.83. The van der Waals surface area contributed by atoms with Crippen molar-refractivity contribution < 1.29 is 9.90 Å². The van der Waals surface area contributed by atoms with Gasteiger partial charge in [0, 0.05) is 5.92 Å². The summed E-state index contributed by atoms with van der Waals surface area (Å²) in [4.78, 5) is 11.4. The van der Waals surface area contributed by atoms with Crippen LogP contribution in [0.25, 0.3) is 5.57 Å². The molecule has 2 nitrogen and oxygen atoms in total. The Morgan fingerprint density at radius 3 is 2.70 bits per heavy atom. The second-order valence-corrected chi connectivity index (χ2v) is 6.06. The van der Waals surface area contributed by atoms with E-state index in [1.165, 1.54) is 36.8 Å². The number of aliphatic hydroxyl groups excluding tert-OH is 1. The van der Waals surface area contributed by atoms with Crippen LogP contribution < -0.4 is 0 Å². The summed E-state index contributed by atoms with van der Waals surface area (Å²) >= 11 is 0. The summed E-state index contributed by atoms with van der Waals surface area (Å²) in [6.07, 6.45) is 8.37. The fourth-order valence-corrected chi connectivity index (χ4v) is 3.90. The number of hydrogen-bond acceptors (Lipinski definition) is 2. The van der Waals surface area contributed by atoms with Gasteiger partial charge in [-0.3, -0.25) is 0 Å². The van der Waals surface area contributed by atoms with Crippen molar-refractivity contribution in [2.75, 3.05) is 0 Å². The van der Waals surface area contributed by atoms with Gasteiger partial charge in [-0.25, -0.2) is 0 Å². The predicted octanol–water partition coefficient (Wildman–Crippen LogP) is 3.73. The van der Waals surface area contributed by atoms with Gasteiger partial charge in [0.1, 0.15) is 6.29 Å².